The molecule has 3 rings (SSSR count). The van der Waals surface area contributed by atoms with Crippen molar-refractivity contribution in [3.63, 3.8) is 0 Å². The van der Waals surface area contributed by atoms with Crippen molar-refractivity contribution in [2.45, 2.75) is 51.4 Å². The third-order valence-corrected chi connectivity index (χ3v) is 5.30. The van der Waals surface area contributed by atoms with Crippen molar-refractivity contribution in [1.82, 2.24) is 15.2 Å². The molecule has 0 unspecified atom stereocenters. The number of aryl methyl sites for hydroxylation is 1. The lowest BCUT2D eigenvalue weighted by molar-refractivity contribution is -0.138. The summed E-state index contributed by atoms with van der Waals surface area (Å²) >= 11 is 0. The van der Waals surface area contributed by atoms with Crippen LogP contribution < -0.4 is 5.32 Å². The van der Waals surface area contributed by atoms with Gasteiger partial charge in [0.1, 0.15) is 5.82 Å². The highest BCUT2D eigenvalue weighted by atomic mass is 19.4. The van der Waals surface area contributed by atoms with Gasteiger partial charge in [0.15, 0.2) is 0 Å². The van der Waals surface area contributed by atoms with E-state index in [1.807, 2.05) is 0 Å². The molecule has 1 atom stereocenters. The number of halogens is 4. The number of rotatable bonds is 6. The van der Waals surface area contributed by atoms with Gasteiger partial charge in [-0.05, 0) is 43.0 Å². The molecule has 0 saturated carbocycles. The van der Waals surface area contributed by atoms with Crippen LogP contribution in [-0.4, -0.2) is 28.2 Å². The molecule has 9 heteroatoms. The highest BCUT2D eigenvalue weighted by molar-refractivity contribution is 5.77. The van der Waals surface area contributed by atoms with Gasteiger partial charge in [-0.1, -0.05) is 12.1 Å². The number of hydrogen-bond donors (Lipinski definition) is 1. The number of likely N-dealkylation sites (tertiary alicyclic amines) is 1. The number of carbonyl (C=O) groups is 2. The summed E-state index contributed by atoms with van der Waals surface area (Å²) in [5.41, 5.74) is 0.00679. The second-order valence-corrected chi connectivity index (χ2v) is 7.55. The average Bonchev–Trinajstić information content (AvgIpc) is 3.21. The first kappa shape index (κ1) is 22.7. The van der Waals surface area contributed by atoms with Crippen molar-refractivity contribution in [1.29, 1.82) is 0 Å². The van der Waals surface area contributed by atoms with E-state index in [1.165, 1.54) is 19.1 Å². The summed E-state index contributed by atoms with van der Waals surface area (Å²) in [6.45, 7) is 1.40. The van der Waals surface area contributed by atoms with Crippen LogP contribution >= 0.6 is 0 Å². The van der Waals surface area contributed by atoms with Crippen LogP contribution in [0.15, 0.2) is 36.5 Å². The molecule has 0 spiro atoms. The molecule has 1 aromatic carbocycles. The Labute approximate surface area is 177 Å². The van der Waals surface area contributed by atoms with Crippen molar-refractivity contribution >= 4 is 11.8 Å². The number of alkyl halides is 3. The molecule has 0 radical (unpaired) electrons. The maximum atomic E-state index is 13.6. The van der Waals surface area contributed by atoms with Gasteiger partial charge < -0.3 is 10.2 Å². The lowest BCUT2D eigenvalue weighted by atomic mass is 10.0. The minimum absolute atomic E-state index is 0.126. The average molecular weight is 437 g/mol. The molecule has 31 heavy (non-hydrogen) atoms. The number of benzene rings is 1. The van der Waals surface area contributed by atoms with Gasteiger partial charge in [-0.2, -0.15) is 13.2 Å². The van der Waals surface area contributed by atoms with E-state index in [9.17, 15) is 27.2 Å². The minimum Gasteiger partial charge on any atom is -0.352 e. The lowest BCUT2D eigenvalue weighted by Gasteiger charge is -2.25. The summed E-state index contributed by atoms with van der Waals surface area (Å²) in [7, 11) is 0. The molecule has 1 fully saturated rings. The van der Waals surface area contributed by atoms with Gasteiger partial charge >= 0.3 is 6.18 Å². The van der Waals surface area contributed by atoms with E-state index in [0.29, 0.717) is 25.8 Å². The van der Waals surface area contributed by atoms with E-state index in [4.69, 9.17) is 0 Å². The maximum absolute atomic E-state index is 13.6. The van der Waals surface area contributed by atoms with Crippen molar-refractivity contribution < 1.29 is 27.2 Å². The van der Waals surface area contributed by atoms with Crippen LogP contribution in [0.1, 0.15) is 54.6 Å². The van der Waals surface area contributed by atoms with Crippen LogP contribution in [0.25, 0.3) is 0 Å². The molecule has 2 amide bonds. The Morgan fingerprint density at radius 2 is 1.94 bits per heavy atom. The van der Waals surface area contributed by atoms with E-state index in [-0.39, 0.29) is 35.9 Å². The highest BCUT2D eigenvalue weighted by Gasteiger charge is 2.37. The molecule has 2 heterocycles. The normalized spacial score (nSPS) is 16.4. The summed E-state index contributed by atoms with van der Waals surface area (Å²) < 4.78 is 53.8. The number of pyridine rings is 1. The molecule has 1 aliphatic heterocycles. The zero-order valence-electron chi connectivity index (χ0n) is 17.0. The van der Waals surface area contributed by atoms with Gasteiger partial charge in [-0.3, -0.25) is 14.6 Å². The SMILES string of the molecule is CC(=O)NCc1cnc([C@H]2CCCN2C(=O)CCc2ccc(F)cc2)cc1C(F)(F)F. The van der Waals surface area contributed by atoms with Gasteiger partial charge in [0, 0.05) is 38.2 Å². The second-order valence-electron chi connectivity index (χ2n) is 7.55. The number of carbonyl (C=O) groups excluding carboxylic acids is 2. The van der Waals surface area contributed by atoms with E-state index >= 15 is 0 Å². The van der Waals surface area contributed by atoms with E-state index in [1.54, 1.807) is 17.0 Å². The van der Waals surface area contributed by atoms with Gasteiger partial charge in [0.2, 0.25) is 11.8 Å². The third kappa shape index (κ3) is 5.80. The molecule has 1 aromatic heterocycles. The quantitative estimate of drug-likeness (QED) is 0.690. The van der Waals surface area contributed by atoms with Crippen LogP contribution in [0.3, 0.4) is 0 Å². The highest BCUT2D eigenvalue weighted by Crippen LogP contribution is 2.37. The lowest BCUT2D eigenvalue weighted by Crippen LogP contribution is -2.31. The second kappa shape index (κ2) is 9.45. The van der Waals surface area contributed by atoms with Crippen LogP contribution in [0.5, 0.6) is 0 Å². The number of nitrogens with zero attached hydrogens (tertiary/aromatic N) is 2. The van der Waals surface area contributed by atoms with Gasteiger partial charge in [0.25, 0.3) is 0 Å². The first-order valence-corrected chi connectivity index (χ1v) is 9.99. The van der Waals surface area contributed by atoms with Crippen LogP contribution in [0.2, 0.25) is 0 Å². The maximum Gasteiger partial charge on any atom is 0.416 e. The standard InChI is InChI=1S/C22H23F4N3O2/c1-14(30)27-12-16-13-28-19(11-18(16)22(24,25)26)20-3-2-10-29(20)21(31)9-6-15-4-7-17(23)8-5-15/h4-5,7-8,11,13,20H,2-3,6,9-10,12H2,1H3,(H,27,30)/t20-/m1/s1. The number of aromatic nitrogens is 1. The first-order valence-electron chi connectivity index (χ1n) is 9.99. The predicted molar refractivity (Wildman–Crippen MR) is 105 cm³/mol. The van der Waals surface area contributed by atoms with Crippen molar-refractivity contribution in [3.8, 4) is 0 Å². The Kier molecular flexibility index (Phi) is 6.92. The first-order chi connectivity index (χ1) is 14.6. The molecule has 1 saturated heterocycles. The molecular weight excluding hydrogens is 414 g/mol. The van der Waals surface area contributed by atoms with Crippen molar-refractivity contribution in [3.05, 3.63) is 64.7 Å². The smallest absolute Gasteiger partial charge is 0.352 e. The van der Waals surface area contributed by atoms with Crippen LogP contribution in [0, 0.1) is 5.82 Å². The molecule has 5 nitrogen and oxygen atoms in total. The monoisotopic (exact) mass is 437 g/mol. The predicted octanol–water partition coefficient (Wildman–Crippen LogP) is 4.17. The molecule has 166 valence electrons. The molecule has 2 aromatic rings. The zero-order chi connectivity index (χ0) is 22.6. The third-order valence-electron chi connectivity index (χ3n) is 5.30. The fourth-order valence-corrected chi connectivity index (χ4v) is 3.73. The fourth-order valence-electron chi connectivity index (χ4n) is 3.73. The van der Waals surface area contributed by atoms with Crippen LogP contribution in [-0.2, 0) is 28.7 Å². The Hall–Kier alpha value is -2.97. The van der Waals surface area contributed by atoms with Gasteiger partial charge in [-0.15, -0.1) is 0 Å². The van der Waals surface area contributed by atoms with E-state index in [2.05, 4.69) is 10.3 Å². The van der Waals surface area contributed by atoms with Gasteiger partial charge in [-0.25, -0.2) is 4.39 Å². The van der Waals surface area contributed by atoms with E-state index < -0.39 is 23.7 Å². The van der Waals surface area contributed by atoms with E-state index in [0.717, 1.165) is 17.8 Å². The Balaban J connectivity index is 1.76. The van der Waals surface area contributed by atoms with Crippen LogP contribution in [0.4, 0.5) is 17.6 Å². The number of amides is 2. The largest absolute Gasteiger partial charge is 0.416 e. The summed E-state index contributed by atoms with van der Waals surface area (Å²) in [5, 5.41) is 2.36. The summed E-state index contributed by atoms with van der Waals surface area (Å²) in [6, 6.07) is 6.31. The Morgan fingerprint density at radius 1 is 1.23 bits per heavy atom. The Morgan fingerprint density at radius 3 is 2.58 bits per heavy atom. The summed E-state index contributed by atoms with van der Waals surface area (Å²) in [6.07, 6.45) is -1.70. The molecule has 0 bridgehead atoms. The topological polar surface area (TPSA) is 62.3 Å². The summed E-state index contributed by atoms with van der Waals surface area (Å²) in [5.74, 6) is -0.974. The number of hydrogen-bond acceptors (Lipinski definition) is 3. The van der Waals surface area contributed by atoms with Crippen molar-refractivity contribution in [2.24, 2.45) is 0 Å². The molecule has 0 aliphatic carbocycles. The minimum atomic E-state index is -4.61. The molecule has 1 N–H and O–H groups in total. The fraction of sp³-hybridized carbons (Fsp3) is 0.409. The number of nitrogens with one attached hydrogen (secondary N) is 1. The Bertz CT molecular complexity index is 945. The molecule has 1 aliphatic rings. The zero-order valence-corrected chi connectivity index (χ0v) is 17.0. The van der Waals surface area contributed by atoms with Gasteiger partial charge in [0.05, 0.1) is 17.3 Å². The van der Waals surface area contributed by atoms with Crippen molar-refractivity contribution in [2.75, 3.05) is 6.54 Å². The molecular formula is C22H23F4N3O2. The summed E-state index contributed by atoms with van der Waals surface area (Å²) in [4.78, 5) is 29.6.